The third-order valence-electron chi connectivity index (χ3n) is 3.34. The highest BCUT2D eigenvalue weighted by molar-refractivity contribution is 5.30. The summed E-state index contributed by atoms with van der Waals surface area (Å²) in [6, 6.07) is 5.20. The van der Waals surface area contributed by atoms with Crippen LogP contribution in [-0.2, 0) is 4.74 Å². The number of likely N-dealkylation sites (N-methyl/N-ethyl adjacent to an activating group) is 1. The second-order valence-electron chi connectivity index (χ2n) is 4.64. The van der Waals surface area contributed by atoms with E-state index in [1.165, 1.54) is 6.07 Å². The predicted molar refractivity (Wildman–Crippen MR) is 68.4 cm³/mol. The van der Waals surface area contributed by atoms with Gasteiger partial charge in [0.25, 0.3) is 0 Å². The van der Waals surface area contributed by atoms with Crippen molar-refractivity contribution in [3.63, 3.8) is 0 Å². The van der Waals surface area contributed by atoms with Crippen LogP contribution in [-0.4, -0.2) is 31.9 Å². The topological polar surface area (TPSA) is 30.5 Å². The van der Waals surface area contributed by atoms with Gasteiger partial charge in [-0.1, -0.05) is 6.07 Å². The molecule has 18 heavy (non-hydrogen) atoms. The molecule has 3 unspecified atom stereocenters. The van der Waals surface area contributed by atoms with E-state index in [1.807, 2.05) is 20.9 Å². The van der Waals surface area contributed by atoms with E-state index in [0.29, 0.717) is 18.4 Å². The summed E-state index contributed by atoms with van der Waals surface area (Å²) in [5.41, 5.74) is 0.990. The maximum absolute atomic E-state index is 13.6. The molecule has 0 saturated heterocycles. The van der Waals surface area contributed by atoms with E-state index in [9.17, 15) is 4.39 Å². The maximum Gasteiger partial charge on any atom is 0.165 e. The molecular formula is C14H20FNO2. The Morgan fingerprint density at radius 2 is 2.22 bits per heavy atom. The number of hydrogen-bond acceptors (Lipinski definition) is 3. The van der Waals surface area contributed by atoms with Crippen LogP contribution in [0.25, 0.3) is 0 Å². The first kappa shape index (κ1) is 13.3. The molecule has 2 rings (SSSR count). The van der Waals surface area contributed by atoms with Crippen LogP contribution >= 0.6 is 0 Å². The van der Waals surface area contributed by atoms with Crippen molar-refractivity contribution in [3.05, 3.63) is 29.6 Å². The van der Waals surface area contributed by atoms with E-state index >= 15 is 0 Å². The number of halogens is 1. The predicted octanol–water partition coefficient (Wildman–Crippen LogP) is 2.28. The number of hydrogen-bond donors (Lipinski definition) is 1. The molecule has 1 N–H and O–H groups in total. The normalized spacial score (nSPS) is 26.8. The first-order valence-electron chi connectivity index (χ1n) is 6.37. The summed E-state index contributed by atoms with van der Waals surface area (Å²) >= 11 is 0. The Morgan fingerprint density at radius 1 is 1.44 bits per heavy atom. The molecule has 100 valence electrons. The highest BCUT2D eigenvalue weighted by atomic mass is 19.1. The van der Waals surface area contributed by atoms with Gasteiger partial charge >= 0.3 is 0 Å². The summed E-state index contributed by atoms with van der Waals surface area (Å²) in [5, 5.41) is 3.18. The van der Waals surface area contributed by atoms with Crippen molar-refractivity contribution in [2.45, 2.75) is 38.5 Å². The van der Waals surface area contributed by atoms with Crippen LogP contribution in [0.15, 0.2) is 18.2 Å². The average Bonchev–Trinajstić information content (AvgIpc) is 2.35. The zero-order valence-corrected chi connectivity index (χ0v) is 11.1. The molecule has 1 fully saturated rings. The van der Waals surface area contributed by atoms with Gasteiger partial charge in [-0.3, -0.25) is 0 Å². The van der Waals surface area contributed by atoms with Gasteiger partial charge in [-0.15, -0.1) is 0 Å². The summed E-state index contributed by atoms with van der Waals surface area (Å²) < 4.78 is 24.9. The molecule has 3 nitrogen and oxygen atoms in total. The number of benzene rings is 1. The zero-order valence-electron chi connectivity index (χ0n) is 11.1. The minimum absolute atomic E-state index is 0.0000813. The molecule has 0 aliphatic heterocycles. The highest BCUT2D eigenvalue weighted by Gasteiger charge is 2.43. The van der Waals surface area contributed by atoms with Gasteiger partial charge in [-0.2, -0.15) is 0 Å². The molecule has 0 heterocycles. The van der Waals surface area contributed by atoms with Crippen molar-refractivity contribution in [1.82, 2.24) is 5.32 Å². The van der Waals surface area contributed by atoms with Crippen LogP contribution in [0.4, 0.5) is 4.39 Å². The molecular weight excluding hydrogens is 233 g/mol. The minimum Gasteiger partial charge on any atom is -0.485 e. The Bertz CT molecular complexity index is 411. The van der Waals surface area contributed by atoms with Crippen molar-refractivity contribution in [2.24, 2.45) is 0 Å². The molecule has 0 bridgehead atoms. The molecule has 4 heteroatoms. The van der Waals surface area contributed by atoms with Crippen LogP contribution in [0, 0.1) is 12.7 Å². The number of aryl methyl sites for hydroxylation is 1. The molecule has 1 aromatic rings. The molecule has 0 aromatic heterocycles. The van der Waals surface area contributed by atoms with E-state index in [4.69, 9.17) is 9.47 Å². The van der Waals surface area contributed by atoms with E-state index in [1.54, 1.807) is 12.1 Å². The SMILES string of the molecule is CCOC1C(NC)CC1Oc1cc(C)ccc1F. The molecule has 0 amide bonds. The Balaban J connectivity index is 2.03. The van der Waals surface area contributed by atoms with E-state index in [2.05, 4.69) is 5.32 Å². The summed E-state index contributed by atoms with van der Waals surface area (Å²) in [5.74, 6) is 0.00279. The van der Waals surface area contributed by atoms with Gasteiger partial charge in [0, 0.05) is 19.1 Å². The van der Waals surface area contributed by atoms with Crippen molar-refractivity contribution in [1.29, 1.82) is 0 Å². The first-order chi connectivity index (χ1) is 8.65. The average molecular weight is 253 g/mol. The first-order valence-corrected chi connectivity index (χ1v) is 6.37. The van der Waals surface area contributed by atoms with Gasteiger partial charge in [-0.05, 0) is 38.6 Å². The lowest BCUT2D eigenvalue weighted by Crippen LogP contribution is -2.60. The smallest absolute Gasteiger partial charge is 0.165 e. The van der Waals surface area contributed by atoms with Crippen LogP contribution < -0.4 is 10.1 Å². The minimum atomic E-state index is -0.316. The van der Waals surface area contributed by atoms with Crippen LogP contribution in [0.1, 0.15) is 18.9 Å². The Hall–Kier alpha value is -1.13. The van der Waals surface area contributed by atoms with Gasteiger partial charge in [0.1, 0.15) is 12.2 Å². The molecule has 3 atom stereocenters. The van der Waals surface area contributed by atoms with E-state index in [-0.39, 0.29) is 18.0 Å². The largest absolute Gasteiger partial charge is 0.485 e. The van der Waals surface area contributed by atoms with Gasteiger partial charge in [0.15, 0.2) is 11.6 Å². The number of ether oxygens (including phenoxy) is 2. The molecule has 1 aliphatic rings. The van der Waals surface area contributed by atoms with Crippen molar-refractivity contribution in [2.75, 3.05) is 13.7 Å². The second kappa shape index (κ2) is 5.67. The molecule has 0 radical (unpaired) electrons. The summed E-state index contributed by atoms with van der Waals surface area (Å²) in [6.45, 7) is 4.51. The lowest BCUT2D eigenvalue weighted by Gasteiger charge is -2.43. The number of nitrogens with one attached hydrogen (secondary N) is 1. The molecule has 0 spiro atoms. The third-order valence-corrected chi connectivity index (χ3v) is 3.34. The Morgan fingerprint density at radius 3 is 2.89 bits per heavy atom. The van der Waals surface area contributed by atoms with Gasteiger partial charge < -0.3 is 14.8 Å². The Kier molecular flexibility index (Phi) is 4.19. The van der Waals surface area contributed by atoms with Gasteiger partial charge in [-0.25, -0.2) is 4.39 Å². The van der Waals surface area contributed by atoms with Gasteiger partial charge in [0.2, 0.25) is 0 Å². The molecule has 1 aliphatic carbocycles. The molecule has 1 saturated carbocycles. The van der Waals surface area contributed by atoms with Crippen LogP contribution in [0.5, 0.6) is 5.75 Å². The Labute approximate surface area is 107 Å². The van der Waals surface area contributed by atoms with Crippen LogP contribution in [0.3, 0.4) is 0 Å². The fourth-order valence-corrected chi connectivity index (χ4v) is 2.26. The maximum atomic E-state index is 13.6. The second-order valence-corrected chi connectivity index (χ2v) is 4.64. The van der Waals surface area contributed by atoms with Crippen molar-refractivity contribution >= 4 is 0 Å². The summed E-state index contributed by atoms with van der Waals surface area (Å²) in [4.78, 5) is 0. The lowest BCUT2D eigenvalue weighted by atomic mass is 9.85. The fraction of sp³-hybridized carbons (Fsp3) is 0.571. The van der Waals surface area contributed by atoms with Crippen molar-refractivity contribution in [3.8, 4) is 5.75 Å². The van der Waals surface area contributed by atoms with Gasteiger partial charge in [0.05, 0.1) is 0 Å². The lowest BCUT2D eigenvalue weighted by molar-refractivity contribution is -0.103. The quantitative estimate of drug-likeness (QED) is 0.873. The monoisotopic (exact) mass is 253 g/mol. The zero-order chi connectivity index (χ0) is 13.1. The molecule has 1 aromatic carbocycles. The van der Waals surface area contributed by atoms with Crippen LogP contribution in [0.2, 0.25) is 0 Å². The standard InChI is InChI=1S/C14H20FNO2/c1-4-17-14-11(16-3)8-13(14)18-12-7-9(2)5-6-10(12)15/h5-7,11,13-14,16H,4,8H2,1-3H3. The van der Waals surface area contributed by atoms with E-state index < -0.39 is 0 Å². The number of rotatable bonds is 5. The fourth-order valence-electron chi connectivity index (χ4n) is 2.26. The highest BCUT2D eigenvalue weighted by Crippen LogP contribution is 2.30. The van der Waals surface area contributed by atoms with E-state index in [0.717, 1.165) is 12.0 Å². The third kappa shape index (κ3) is 2.65. The summed E-state index contributed by atoms with van der Waals surface area (Å²) in [6.07, 6.45) is 0.771. The summed E-state index contributed by atoms with van der Waals surface area (Å²) in [7, 11) is 1.90. The van der Waals surface area contributed by atoms with Crippen molar-refractivity contribution < 1.29 is 13.9 Å².